The molecule has 1 N–H and O–H groups in total. The van der Waals surface area contributed by atoms with E-state index in [1.807, 2.05) is 37.3 Å². The van der Waals surface area contributed by atoms with Crippen molar-refractivity contribution in [1.82, 2.24) is 9.97 Å². The van der Waals surface area contributed by atoms with E-state index in [1.54, 1.807) is 0 Å². The predicted octanol–water partition coefficient (Wildman–Crippen LogP) is 4.20. The fourth-order valence-corrected chi connectivity index (χ4v) is 2.16. The average Bonchev–Trinajstić information content (AvgIpc) is 2.47. The van der Waals surface area contributed by atoms with E-state index >= 15 is 0 Å². The van der Waals surface area contributed by atoms with Gasteiger partial charge in [-0.2, -0.15) is 4.98 Å². The summed E-state index contributed by atoms with van der Waals surface area (Å²) in [5, 5.41) is 3.22. The van der Waals surface area contributed by atoms with Crippen LogP contribution in [0.15, 0.2) is 34.8 Å². The largest absolute Gasteiger partial charge is 0.473 e. The third-order valence-corrected chi connectivity index (χ3v) is 3.41. The predicted molar refractivity (Wildman–Crippen MR) is 88.7 cm³/mol. The number of anilines is 1. The van der Waals surface area contributed by atoms with Crippen molar-refractivity contribution >= 4 is 21.7 Å². The molecule has 1 heterocycles. The van der Waals surface area contributed by atoms with E-state index in [-0.39, 0.29) is 0 Å². The van der Waals surface area contributed by atoms with Crippen molar-refractivity contribution in [3.63, 3.8) is 0 Å². The number of hydrogen-bond donors (Lipinski definition) is 1. The zero-order chi connectivity index (χ0) is 15.1. The molecule has 1 aromatic heterocycles. The number of aromatic nitrogens is 2. The molecular weight excluding hydrogens is 330 g/mol. The highest BCUT2D eigenvalue weighted by Crippen LogP contribution is 2.17. The molecule has 21 heavy (non-hydrogen) atoms. The molecule has 4 nitrogen and oxygen atoms in total. The minimum absolute atomic E-state index is 0.501. The maximum Gasteiger partial charge on any atom is 0.219 e. The van der Waals surface area contributed by atoms with Crippen LogP contribution in [0.3, 0.4) is 0 Å². The van der Waals surface area contributed by atoms with E-state index in [0.29, 0.717) is 12.5 Å². The lowest BCUT2D eigenvalue weighted by Crippen LogP contribution is -2.06. The number of rotatable bonds is 7. The normalized spacial score (nSPS) is 10.4. The molecule has 0 fully saturated rings. The van der Waals surface area contributed by atoms with Crippen LogP contribution >= 0.6 is 15.9 Å². The number of benzene rings is 1. The van der Waals surface area contributed by atoms with Crippen molar-refractivity contribution in [2.75, 3.05) is 11.9 Å². The Kier molecular flexibility index (Phi) is 5.99. The van der Waals surface area contributed by atoms with Crippen molar-refractivity contribution in [1.29, 1.82) is 0 Å². The van der Waals surface area contributed by atoms with Gasteiger partial charge in [-0.05, 0) is 31.0 Å². The molecule has 0 saturated carbocycles. The van der Waals surface area contributed by atoms with Crippen molar-refractivity contribution in [3.8, 4) is 5.88 Å². The van der Waals surface area contributed by atoms with Crippen LogP contribution in [-0.4, -0.2) is 16.5 Å². The average molecular weight is 350 g/mol. The van der Waals surface area contributed by atoms with Gasteiger partial charge in [-0.15, -0.1) is 0 Å². The molecule has 0 saturated heterocycles. The Labute approximate surface area is 134 Å². The molecule has 0 aliphatic rings. The van der Waals surface area contributed by atoms with Crippen LogP contribution in [0.2, 0.25) is 0 Å². The molecule has 0 amide bonds. The van der Waals surface area contributed by atoms with Crippen LogP contribution in [-0.2, 0) is 13.0 Å². The molecule has 5 heteroatoms. The molecule has 0 aliphatic carbocycles. The summed E-state index contributed by atoms with van der Waals surface area (Å²) in [6.45, 7) is 5.49. The summed E-state index contributed by atoms with van der Waals surface area (Å²) in [4.78, 5) is 8.93. The highest BCUT2D eigenvalue weighted by molar-refractivity contribution is 9.10. The first-order valence-corrected chi connectivity index (χ1v) is 7.99. The van der Waals surface area contributed by atoms with Gasteiger partial charge in [0.1, 0.15) is 18.2 Å². The highest BCUT2D eigenvalue weighted by atomic mass is 79.9. The van der Waals surface area contributed by atoms with Gasteiger partial charge in [0.05, 0.1) is 0 Å². The van der Waals surface area contributed by atoms with Gasteiger partial charge >= 0.3 is 0 Å². The Balaban J connectivity index is 2.08. The van der Waals surface area contributed by atoms with Crippen LogP contribution in [0.4, 0.5) is 5.82 Å². The minimum Gasteiger partial charge on any atom is -0.473 e. The van der Waals surface area contributed by atoms with Crippen molar-refractivity contribution in [3.05, 3.63) is 46.2 Å². The Morgan fingerprint density at radius 1 is 1.14 bits per heavy atom. The quantitative estimate of drug-likeness (QED) is 0.813. The summed E-state index contributed by atoms with van der Waals surface area (Å²) in [5.74, 6) is 2.26. The molecule has 112 valence electrons. The topological polar surface area (TPSA) is 47.0 Å². The number of nitrogens with one attached hydrogen (secondary N) is 1. The smallest absolute Gasteiger partial charge is 0.219 e. The summed E-state index contributed by atoms with van der Waals surface area (Å²) in [6.07, 6.45) is 1.87. The van der Waals surface area contributed by atoms with Crippen LogP contribution in [0, 0.1) is 0 Å². The van der Waals surface area contributed by atoms with Gasteiger partial charge in [0, 0.05) is 23.5 Å². The molecule has 0 aliphatic heterocycles. The van der Waals surface area contributed by atoms with Gasteiger partial charge in [0.15, 0.2) is 0 Å². The first kappa shape index (κ1) is 15.8. The SMILES string of the molecule is CCCc1nc(NCC)cc(OCc2ccc(Br)cc2)n1. The fraction of sp³-hybridized carbons (Fsp3) is 0.375. The zero-order valence-corrected chi connectivity index (χ0v) is 14.0. The van der Waals surface area contributed by atoms with Crippen LogP contribution < -0.4 is 10.1 Å². The van der Waals surface area contributed by atoms with E-state index in [2.05, 4.69) is 38.1 Å². The second-order valence-corrected chi connectivity index (χ2v) is 5.62. The minimum atomic E-state index is 0.501. The number of hydrogen-bond acceptors (Lipinski definition) is 4. The summed E-state index contributed by atoms with van der Waals surface area (Å²) >= 11 is 3.43. The maximum absolute atomic E-state index is 5.80. The molecule has 2 aromatic rings. The Morgan fingerprint density at radius 2 is 1.90 bits per heavy atom. The standard InChI is InChI=1S/C16H20BrN3O/c1-3-5-14-19-15(18-4-2)10-16(20-14)21-11-12-6-8-13(17)9-7-12/h6-10H,3-5,11H2,1-2H3,(H,18,19,20). The van der Waals surface area contributed by atoms with Gasteiger partial charge < -0.3 is 10.1 Å². The summed E-state index contributed by atoms with van der Waals surface area (Å²) in [5.41, 5.74) is 1.11. The lowest BCUT2D eigenvalue weighted by molar-refractivity contribution is 0.292. The zero-order valence-electron chi connectivity index (χ0n) is 12.4. The number of ether oxygens (including phenoxy) is 1. The second-order valence-electron chi connectivity index (χ2n) is 4.70. The molecule has 1 aromatic carbocycles. The number of nitrogens with zero attached hydrogens (tertiary/aromatic N) is 2. The third-order valence-electron chi connectivity index (χ3n) is 2.88. The van der Waals surface area contributed by atoms with Gasteiger partial charge in [-0.1, -0.05) is 35.0 Å². The van der Waals surface area contributed by atoms with E-state index in [1.165, 1.54) is 0 Å². The highest BCUT2D eigenvalue weighted by Gasteiger charge is 2.05. The number of aryl methyl sites for hydroxylation is 1. The van der Waals surface area contributed by atoms with Crippen LogP contribution in [0.5, 0.6) is 5.88 Å². The fourth-order valence-electron chi connectivity index (χ4n) is 1.89. The van der Waals surface area contributed by atoms with Crippen molar-refractivity contribution in [2.24, 2.45) is 0 Å². The molecule has 0 radical (unpaired) electrons. The van der Waals surface area contributed by atoms with Crippen LogP contribution in [0.25, 0.3) is 0 Å². The Hall–Kier alpha value is -1.62. The molecule has 0 spiro atoms. The van der Waals surface area contributed by atoms with E-state index in [4.69, 9.17) is 4.74 Å². The molecule has 0 bridgehead atoms. The first-order chi connectivity index (χ1) is 10.2. The lowest BCUT2D eigenvalue weighted by Gasteiger charge is -2.10. The Morgan fingerprint density at radius 3 is 2.57 bits per heavy atom. The molecule has 0 atom stereocenters. The lowest BCUT2D eigenvalue weighted by atomic mass is 10.2. The maximum atomic E-state index is 5.80. The summed E-state index contributed by atoms with van der Waals surface area (Å²) in [6, 6.07) is 9.92. The van der Waals surface area contributed by atoms with Gasteiger partial charge in [-0.25, -0.2) is 4.98 Å². The van der Waals surface area contributed by atoms with Crippen LogP contribution in [0.1, 0.15) is 31.7 Å². The van der Waals surface area contributed by atoms with Crippen molar-refractivity contribution < 1.29 is 4.74 Å². The monoisotopic (exact) mass is 349 g/mol. The van der Waals surface area contributed by atoms with Gasteiger partial charge in [-0.3, -0.25) is 0 Å². The summed E-state index contributed by atoms with van der Waals surface area (Å²) in [7, 11) is 0. The Bertz CT molecular complexity index is 548. The third kappa shape index (κ3) is 5.01. The van der Waals surface area contributed by atoms with Gasteiger partial charge in [0.2, 0.25) is 5.88 Å². The van der Waals surface area contributed by atoms with E-state index in [0.717, 1.165) is 41.1 Å². The second kappa shape index (κ2) is 7.98. The molecule has 0 unspecified atom stereocenters. The first-order valence-electron chi connectivity index (χ1n) is 7.20. The van der Waals surface area contributed by atoms with Gasteiger partial charge in [0.25, 0.3) is 0 Å². The summed E-state index contributed by atoms with van der Waals surface area (Å²) < 4.78 is 6.86. The van der Waals surface area contributed by atoms with E-state index in [9.17, 15) is 0 Å². The number of halogens is 1. The van der Waals surface area contributed by atoms with Crippen molar-refractivity contribution in [2.45, 2.75) is 33.3 Å². The molecular formula is C16H20BrN3O. The molecule has 2 rings (SSSR count). The van der Waals surface area contributed by atoms with E-state index < -0.39 is 0 Å².